The summed E-state index contributed by atoms with van der Waals surface area (Å²) >= 11 is 3.66. The summed E-state index contributed by atoms with van der Waals surface area (Å²) in [5.74, 6) is 0. The first-order valence-electron chi connectivity index (χ1n) is 9.34. The zero-order chi connectivity index (χ0) is 18.0. The van der Waals surface area contributed by atoms with Crippen LogP contribution in [0, 0.1) is 0 Å². The molecule has 0 aromatic heterocycles. The lowest BCUT2D eigenvalue weighted by Crippen LogP contribution is -2.32. The largest absolute Gasteiger partial charge is 0.488 e. The molecule has 0 radical (unpaired) electrons. The summed E-state index contributed by atoms with van der Waals surface area (Å²) in [7, 11) is -1.42. The van der Waals surface area contributed by atoms with E-state index in [0.717, 1.165) is 30.2 Å². The molecule has 0 bridgehead atoms. The Hall–Kier alpha value is -1.10. The van der Waals surface area contributed by atoms with E-state index in [2.05, 4.69) is 54.0 Å². The van der Waals surface area contributed by atoms with Gasteiger partial charge >= 0.3 is 7.12 Å². The number of rotatable bonds is 7. The molecular formula is C21H26BBrO2. The van der Waals surface area contributed by atoms with Gasteiger partial charge in [-0.15, -0.1) is 0 Å². The zero-order valence-electron chi connectivity index (χ0n) is 15.1. The minimum atomic E-state index is -1.42. The topological polar surface area (TPSA) is 40.5 Å². The van der Waals surface area contributed by atoms with Crippen molar-refractivity contribution in [3.63, 3.8) is 0 Å². The molecular weight excluding hydrogens is 375 g/mol. The quantitative estimate of drug-likeness (QED) is 0.656. The fourth-order valence-corrected chi connectivity index (χ4v) is 4.63. The second-order valence-corrected chi connectivity index (χ2v) is 8.07. The predicted molar refractivity (Wildman–Crippen MR) is 109 cm³/mol. The first-order valence-corrected chi connectivity index (χ1v) is 10.1. The van der Waals surface area contributed by atoms with Gasteiger partial charge in [0.05, 0.1) is 0 Å². The molecule has 0 aliphatic heterocycles. The fourth-order valence-electron chi connectivity index (χ4n) is 4.27. The molecule has 25 heavy (non-hydrogen) atoms. The molecule has 2 N–H and O–H groups in total. The molecule has 3 rings (SSSR count). The van der Waals surface area contributed by atoms with Crippen molar-refractivity contribution in [1.29, 1.82) is 0 Å². The van der Waals surface area contributed by atoms with Gasteiger partial charge in [0, 0.05) is 9.89 Å². The molecule has 2 aromatic carbocycles. The number of fused-ring (bicyclic) bond motifs is 3. The molecule has 0 fully saturated rings. The maximum atomic E-state index is 9.69. The summed E-state index contributed by atoms with van der Waals surface area (Å²) < 4.78 is 1.11. The van der Waals surface area contributed by atoms with Gasteiger partial charge in [0.15, 0.2) is 0 Å². The van der Waals surface area contributed by atoms with Crippen molar-refractivity contribution in [3.05, 3.63) is 52.0 Å². The molecule has 4 heteroatoms. The second kappa shape index (κ2) is 7.65. The number of halogens is 1. The third kappa shape index (κ3) is 3.32. The van der Waals surface area contributed by atoms with Crippen LogP contribution in [-0.2, 0) is 5.41 Å². The summed E-state index contributed by atoms with van der Waals surface area (Å²) in [5, 5.41) is 19.4. The van der Waals surface area contributed by atoms with Crippen molar-refractivity contribution < 1.29 is 10.0 Å². The van der Waals surface area contributed by atoms with E-state index in [1.807, 2.05) is 12.1 Å². The van der Waals surface area contributed by atoms with Crippen LogP contribution in [0.4, 0.5) is 0 Å². The van der Waals surface area contributed by atoms with Gasteiger partial charge in [0.1, 0.15) is 0 Å². The van der Waals surface area contributed by atoms with Gasteiger partial charge in [0.2, 0.25) is 0 Å². The van der Waals surface area contributed by atoms with E-state index >= 15 is 0 Å². The first-order chi connectivity index (χ1) is 12.0. The van der Waals surface area contributed by atoms with Gasteiger partial charge < -0.3 is 10.0 Å². The molecule has 0 atom stereocenters. The van der Waals surface area contributed by atoms with Crippen LogP contribution in [0.1, 0.15) is 63.5 Å². The average Bonchev–Trinajstić information content (AvgIpc) is 2.87. The monoisotopic (exact) mass is 400 g/mol. The molecule has 2 nitrogen and oxygen atoms in total. The van der Waals surface area contributed by atoms with Crippen molar-refractivity contribution in [1.82, 2.24) is 0 Å². The third-order valence-electron chi connectivity index (χ3n) is 5.56. The zero-order valence-corrected chi connectivity index (χ0v) is 16.6. The normalized spacial score (nSPS) is 14.3. The Bertz CT molecular complexity index is 750. The minimum absolute atomic E-state index is 0.0225. The second-order valence-electron chi connectivity index (χ2n) is 7.16. The molecule has 0 unspecified atom stereocenters. The van der Waals surface area contributed by atoms with E-state index in [0.29, 0.717) is 5.46 Å². The van der Waals surface area contributed by atoms with Crippen LogP contribution in [0.2, 0.25) is 0 Å². The Labute approximate surface area is 159 Å². The van der Waals surface area contributed by atoms with Gasteiger partial charge in [-0.05, 0) is 52.7 Å². The number of hydrogen-bond acceptors (Lipinski definition) is 2. The van der Waals surface area contributed by atoms with Gasteiger partial charge in [0.25, 0.3) is 0 Å². The Morgan fingerprint density at radius 3 is 2.00 bits per heavy atom. The van der Waals surface area contributed by atoms with Crippen LogP contribution in [0.25, 0.3) is 11.1 Å². The molecule has 0 saturated carbocycles. The minimum Gasteiger partial charge on any atom is -0.423 e. The van der Waals surface area contributed by atoms with Crippen LogP contribution < -0.4 is 5.46 Å². The molecule has 1 aliphatic rings. The van der Waals surface area contributed by atoms with Crippen LogP contribution in [0.5, 0.6) is 0 Å². The molecule has 0 spiro atoms. The van der Waals surface area contributed by atoms with Crippen molar-refractivity contribution in [2.24, 2.45) is 0 Å². The number of benzene rings is 2. The van der Waals surface area contributed by atoms with Crippen molar-refractivity contribution >= 4 is 28.5 Å². The summed E-state index contributed by atoms with van der Waals surface area (Å²) in [6.07, 6.45) is 6.86. The van der Waals surface area contributed by atoms with E-state index < -0.39 is 7.12 Å². The Morgan fingerprint density at radius 1 is 0.880 bits per heavy atom. The van der Waals surface area contributed by atoms with Crippen LogP contribution in [0.3, 0.4) is 0 Å². The molecule has 0 amide bonds. The summed E-state index contributed by atoms with van der Waals surface area (Å²) in [4.78, 5) is 0. The average molecular weight is 401 g/mol. The van der Waals surface area contributed by atoms with Crippen molar-refractivity contribution in [3.8, 4) is 11.1 Å². The van der Waals surface area contributed by atoms with E-state index in [9.17, 15) is 10.0 Å². The summed E-state index contributed by atoms with van der Waals surface area (Å²) in [6, 6.07) is 12.5. The highest BCUT2D eigenvalue weighted by Crippen LogP contribution is 2.54. The highest BCUT2D eigenvalue weighted by molar-refractivity contribution is 9.10. The van der Waals surface area contributed by atoms with Gasteiger partial charge in [-0.3, -0.25) is 0 Å². The molecule has 132 valence electrons. The van der Waals surface area contributed by atoms with Crippen LogP contribution >= 0.6 is 15.9 Å². The van der Waals surface area contributed by atoms with E-state index in [1.165, 1.54) is 35.1 Å². The number of unbranched alkanes of at least 4 members (excludes halogenated alkanes) is 2. The van der Waals surface area contributed by atoms with Crippen molar-refractivity contribution in [2.45, 2.75) is 57.8 Å². The highest BCUT2D eigenvalue weighted by atomic mass is 79.9. The maximum absolute atomic E-state index is 9.69. The highest BCUT2D eigenvalue weighted by Gasteiger charge is 2.42. The molecule has 2 aromatic rings. The smallest absolute Gasteiger partial charge is 0.423 e. The van der Waals surface area contributed by atoms with Gasteiger partial charge in [-0.25, -0.2) is 0 Å². The lowest BCUT2D eigenvalue weighted by molar-refractivity contribution is 0.413. The molecule has 0 heterocycles. The van der Waals surface area contributed by atoms with Crippen LogP contribution in [0.15, 0.2) is 40.9 Å². The van der Waals surface area contributed by atoms with E-state index in [-0.39, 0.29) is 5.41 Å². The SMILES string of the molecule is CCCCC1(CCCC)c2cc(Br)ccc2-c2ccc(B(O)O)cc21. The van der Waals surface area contributed by atoms with E-state index in [1.54, 1.807) is 0 Å². The van der Waals surface area contributed by atoms with Gasteiger partial charge in [-0.1, -0.05) is 79.7 Å². The van der Waals surface area contributed by atoms with Crippen LogP contribution in [-0.4, -0.2) is 17.2 Å². The summed E-state index contributed by atoms with van der Waals surface area (Å²) in [5.41, 5.74) is 5.77. The summed E-state index contributed by atoms with van der Waals surface area (Å²) in [6.45, 7) is 4.47. The van der Waals surface area contributed by atoms with Gasteiger partial charge in [-0.2, -0.15) is 0 Å². The maximum Gasteiger partial charge on any atom is 0.488 e. The third-order valence-corrected chi connectivity index (χ3v) is 6.05. The van der Waals surface area contributed by atoms with Crippen molar-refractivity contribution in [2.75, 3.05) is 0 Å². The predicted octanol–water partition coefficient (Wildman–Crippen LogP) is 4.78. The Kier molecular flexibility index (Phi) is 5.72. The van der Waals surface area contributed by atoms with E-state index in [4.69, 9.17) is 0 Å². The standard InChI is InChI=1S/C21H26BBrO2/c1-3-5-11-21(12-6-4-2)19-13-15(22(24)25)7-9-17(19)18-10-8-16(23)14-20(18)21/h7-10,13-14,24-25H,3-6,11-12H2,1-2H3. The first kappa shape index (κ1) is 18.7. The lowest BCUT2D eigenvalue weighted by Gasteiger charge is -2.33. The lowest BCUT2D eigenvalue weighted by atomic mass is 9.69. The molecule has 0 saturated heterocycles. The fraction of sp³-hybridized carbons (Fsp3) is 0.429. The Morgan fingerprint density at radius 2 is 1.44 bits per heavy atom. The Balaban J connectivity index is 2.23. The number of hydrogen-bond donors (Lipinski definition) is 2. The molecule has 1 aliphatic carbocycles.